The summed E-state index contributed by atoms with van der Waals surface area (Å²) < 4.78 is 4.63. The summed E-state index contributed by atoms with van der Waals surface area (Å²) in [5, 5.41) is 14.1. The number of carbonyl (C=O) groups is 1. The molecule has 0 aliphatic heterocycles. The topological polar surface area (TPSA) is 81.5 Å². The van der Waals surface area contributed by atoms with E-state index in [1.807, 2.05) is 0 Å². The number of anilines is 1. The Morgan fingerprint density at radius 3 is 2.80 bits per heavy atom. The minimum absolute atomic E-state index is 0.0272. The second kappa shape index (κ2) is 5.90. The first-order valence-electron chi connectivity index (χ1n) is 6.63. The highest BCUT2D eigenvalue weighted by atomic mass is 16.6. The highest BCUT2D eigenvalue weighted by Crippen LogP contribution is 2.37. The van der Waals surface area contributed by atoms with Crippen molar-refractivity contribution in [3.8, 4) is 0 Å². The molecule has 0 radical (unpaired) electrons. The van der Waals surface area contributed by atoms with Crippen LogP contribution in [0.25, 0.3) is 0 Å². The zero-order chi connectivity index (χ0) is 14.7. The Bertz CT molecular complexity index is 526. The molecule has 0 bridgehead atoms. The second-order valence-electron chi connectivity index (χ2n) is 5.18. The lowest BCUT2D eigenvalue weighted by atomic mass is 10.1. The van der Waals surface area contributed by atoms with Crippen LogP contribution in [0, 0.1) is 22.0 Å². The van der Waals surface area contributed by atoms with E-state index in [-0.39, 0.29) is 5.69 Å². The van der Waals surface area contributed by atoms with Crippen LogP contribution in [0.1, 0.15) is 30.1 Å². The maximum Gasteiger partial charge on any atom is 0.337 e. The molecular weight excluding hydrogens is 260 g/mol. The fraction of sp³-hybridized carbons (Fsp3) is 0.500. The van der Waals surface area contributed by atoms with Crippen molar-refractivity contribution in [3.63, 3.8) is 0 Å². The van der Waals surface area contributed by atoms with Crippen molar-refractivity contribution in [2.45, 2.75) is 19.8 Å². The molecule has 0 heterocycles. The summed E-state index contributed by atoms with van der Waals surface area (Å²) in [7, 11) is 1.28. The van der Waals surface area contributed by atoms with E-state index in [1.54, 1.807) is 0 Å². The lowest BCUT2D eigenvalue weighted by molar-refractivity contribution is -0.384. The van der Waals surface area contributed by atoms with Gasteiger partial charge in [0.05, 0.1) is 17.6 Å². The Kier molecular flexibility index (Phi) is 4.22. The fourth-order valence-electron chi connectivity index (χ4n) is 2.18. The minimum atomic E-state index is -0.502. The lowest BCUT2D eigenvalue weighted by Crippen LogP contribution is -2.14. The summed E-state index contributed by atoms with van der Waals surface area (Å²) in [5.74, 6) is 0.680. The summed E-state index contributed by atoms with van der Waals surface area (Å²) in [6.07, 6.45) is 2.46. The van der Waals surface area contributed by atoms with E-state index in [9.17, 15) is 14.9 Å². The first-order chi connectivity index (χ1) is 9.52. The molecule has 0 amide bonds. The largest absolute Gasteiger partial charge is 0.465 e. The van der Waals surface area contributed by atoms with Crippen LogP contribution >= 0.6 is 0 Å². The van der Waals surface area contributed by atoms with Gasteiger partial charge in [-0.25, -0.2) is 4.79 Å². The number of benzene rings is 1. The second-order valence-corrected chi connectivity index (χ2v) is 5.18. The average molecular weight is 278 g/mol. The normalized spacial score (nSPS) is 15.5. The predicted molar refractivity (Wildman–Crippen MR) is 74.8 cm³/mol. The first-order valence-corrected chi connectivity index (χ1v) is 6.63. The van der Waals surface area contributed by atoms with E-state index < -0.39 is 10.9 Å². The van der Waals surface area contributed by atoms with Gasteiger partial charge in [0.15, 0.2) is 0 Å². The van der Waals surface area contributed by atoms with E-state index in [2.05, 4.69) is 17.0 Å². The van der Waals surface area contributed by atoms with Crippen molar-refractivity contribution in [1.29, 1.82) is 0 Å². The zero-order valence-electron chi connectivity index (χ0n) is 11.6. The minimum Gasteiger partial charge on any atom is -0.465 e. The average Bonchev–Trinajstić information content (AvgIpc) is 3.27. The molecule has 0 saturated heterocycles. The van der Waals surface area contributed by atoms with Gasteiger partial charge >= 0.3 is 5.97 Å². The van der Waals surface area contributed by atoms with Gasteiger partial charge in [0.25, 0.3) is 5.69 Å². The number of rotatable bonds is 6. The summed E-state index contributed by atoms with van der Waals surface area (Å²) in [6.45, 7) is 2.79. The Morgan fingerprint density at radius 1 is 1.55 bits per heavy atom. The standard InChI is InChI=1S/C14H18N2O4/c1-9(10-3-4-10)8-15-12-7-11(14(17)20-2)5-6-13(12)16(18)19/h5-7,9-10,15H,3-4,8H2,1-2H3. The van der Waals surface area contributed by atoms with Gasteiger partial charge in [-0.15, -0.1) is 0 Å². The monoisotopic (exact) mass is 278 g/mol. The smallest absolute Gasteiger partial charge is 0.337 e. The molecule has 1 atom stereocenters. The van der Waals surface area contributed by atoms with Crippen molar-refractivity contribution in [1.82, 2.24) is 0 Å². The van der Waals surface area contributed by atoms with Gasteiger partial charge in [-0.2, -0.15) is 0 Å². The molecular formula is C14H18N2O4. The maximum atomic E-state index is 11.5. The molecule has 1 aromatic rings. The Labute approximate surface area is 117 Å². The van der Waals surface area contributed by atoms with E-state index >= 15 is 0 Å². The third-order valence-electron chi connectivity index (χ3n) is 3.66. The third-order valence-corrected chi connectivity index (χ3v) is 3.66. The van der Waals surface area contributed by atoms with E-state index in [0.29, 0.717) is 29.6 Å². The molecule has 1 N–H and O–H groups in total. The number of ether oxygens (including phenoxy) is 1. The van der Waals surface area contributed by atoms with Gasteiger partial charge in [-0.05, 0) is 36.8 Å². The molecule has 108 valence electrons. The SMILES string of the molecule is COC(=O)c1ccc([N+](=O)[O-])c(NCC(C)C2CC2)c1. The third kappa shape index (κ3) is 3.26. The van der Waals surface area contributed by atoms with Crippen molar-refractivity contribution < 1.29 is 14.5 Å². The number of esters is 1. The summed E-state index contributed by atoms with van der Waals surface area (Å²) in [4.78, 5) is 22.0. The van der Waals surface area contributed by atoms with Crippen LogP contribution in [0.5, 0.6) is 0 Å². The van der Waals surface area contributed by atoms with Gasteiger partial charge in [0, 0.05) is 12.6 Å². The number of nitro benzene ring substituents is 1. The predicted octanol–water partition coefficient (Wildman–Crippen LogP) is 2.84. The van der Waals surface area contributed by atoms with Crippen LogP contribution < -0.4 is 5.32 Å². The maximum absolute atomic E-state index is 11.5. The Balaban J connectivity index is 2.17. The molecule has 6 nitrogen and oxygen atoms in total. The van der Waals surface area contributed by atoms with Crippen molar-refractivity contribution in [3.05, 3.63) is 33.9 Å². The van der Waals surface area contributed by atoms with Crippen LogP contribution in [0.3, 0.4) is 0 Å². The molecule has 20 heavy (non-hydrogen) atoms. The molecule has 1 aliphatic rings. The van der Waals surface area contributed by atoms with Crippen molar-refractivity contribution >= 4 is 17.3 Å². The molecule has 1 aliphatic carbocycles. The fourth-order valence-corrected chi connectivity index (χ4v) is 2.18. The van der Waals surface area contributed by atoms with Gasteiger partial charge in [-0.3, -0.25) is 10.1 Å². The summed E-state index contributed by atoms with van der Waals surface area (Å²) >= 11 is 0. The van der Waals surface area contributed by atoms with Crippen LogP contribution in [0.2, 0.25) is 0 Å². The number of hydrogen-bond donors (Lipinski definition) is 1. The summed E-state index contributed by atoms with van der Waals surface area (Å²) in [5.41, 5.74) is 0.644. The van der Waals surface area contributed by atoms with Gasteiger partial charge in [0.2, 0.25) is 0 Å². The van der Waals surface area contributed by atoms with Gasteiger partial charge < -0.3 is 10.1 Å². The van der Waals surface area contributed by atoms with E-state index in [4.69, 9.17) is 0 Å². The molecule has 1 aromatic carbocycles. The van der Waals surface area contributed by atoms with E-state index in [0.717, 1.165) is 0 Å². The Morgan fingerprint density at radius 2 is 2.25 bits per heavy atom. The van der Waals surface area contributed by atoms with Crippen LogP contribution in [0.15, 0.2) is 18.2 Å². The van der Waals surface area contributed by atoms with Crippen molar-refractivity contribution in [2.24, 2.45) is 11.8 Å². The number of nitro groups is 1. The molecule has 2 rings (SSSR count). The molecule has 1 fully saturated rings. The number of nitrogens with zero attached hydrogens (tertiary/aromatic N) is 1. The number of hydrogen-bond acceptors (Lipinski definition) is 5. The summed E-state index contributed by atoms with van der Waals surface area (Å²) in [6, 6.07) is 4.21. The molecule has 0 spiro atoms. The molecule has 1 saturated carbocycles. The molecule has 6 heteroatoms. The van der Waals surface area contributed by atoms with Crippen molar-refractivity contribution in [2.75, 3.05) is 19.0 Å². The highest BCUT2D eigenvalue weighted by Gasteiger charge is 2.28. The van der Waals surface area contributed by atoms with Crippen LogP contribution in [0.4, 0.5) is 11.4 Å². The number of carbonyl (C=O) groups excluding carboxylic acids is 1. The first kappa shape index (κ1) is 14.3. The Hall–Kier alpha value is -2.11. The van der Waals surface area contributed by atoms with Crippen LogP contribution in [-0.2, 0) is 4.74 Å². The number of nitrogens with one attached hydrogen (secondary N) is 1. The van der Waals surface area contributed by atoms with E-state index in [1.165, 1.54) is 38.2 Å². The van der Waals surface area contributed by atoms with Gasteiger partial charge in [-0.1, -0.05) is 6.92 Å². The zero-order valence-corrected chi connectivity index (χ0v) is 11.6. The molecule has 1 unspecified atom stereocenters. The van der Waals surface area contributed by atoms with Gasteiger partial charge in [0.1, 0.15) is 5.69 Å². The highest BCUT2D eigenvalue weighted by molar-refractivity contribution is 5.91. The molecule has 0 aromatic heterocycles. The number of methoxy groups -OCH3 is 1. The lowest BCUT2D eigenvalue weighted by Gasteiger charge is -2.13. The van der Waals surface area contributed by atoms with Crippen LogP contribution in [-0.4, -0.2) is 24.5 Å². The quantitative estimate of drug-likeness (QED) is 0.491.